The number of phenolic OH excluding ortho intramolecular Hbond substituents is 1. The first kappa shape index (κ1) is 11.7. The Morgan fingerprint density at radius 1 is 1.47 bits per heavy atom. The Hall–Kier alpha value is -1.36. The molecule has 6 heteroatoms. The second-order valence-electron chi connectivity index (χ2n) is 2.88. The lowest BCUT2D eigenvalue weighted by Gasteiger charge is -2.07. The first-order valence-electron chi connectivity index (χ1n) is 4.00. The van der Waals surface area contributed by atoms with Crippen LogP contribution in [0.2, 0.25) is 5.02 Å². The summed E-state index contributed by atoms with van der Waals surface area (Å²) in [5.74, 6) is -4.26. The van der Waals surface area contributed by atoms with Crippen LogP contribution in [0.15, 0.2) is 6.07 Å². The smallest absolute Gasteiger partial charge is 0.303 e. The molecule has 3 nitrogen and oxygen atoms in total. The van der Waals surface area contributed by atoms with Crippen molar-refractivity contribution in [2.45, 2.75) is 12.8 Å². The predicted molar refractivity (Wildman–Crippen MR) is 49.0 cm³/mol. The first-order chi connectivity index (χ1) is 6.93. The van der Waals surface area contributed by atoms with Crippen LogP contribution in [-0.4, -0.2) is 16.2 Å². The molecule has 1 rings (SSSR count). The van der Waals surface area contributed by atoms with Crippen molar-refractivity contribution in [3.63, 3.8) is 0 Å². The van der Waals surface area contributed by atoms with E-state index in [1.54, 1.807) is 0 Å². The number of aromatic hydroxyl groups is 1. The summed E-state index contributed by atoms with van der Waals surface area (Å²) in [4.78, 5) is 10.2. The standard InChI is InChI=1S/C9H7ClF2O3/c10-5-3-6(11)8(12)4(9(5)15)1-2-7(13)14/h3,15H,1-2H2,(H,13,14). The molecule has 0 bridgehead atoms. The van der Waals surface area contributed by atoms with Crippen molar-refractivity contribution in [3.8, 4) is 5.75 Å². The van der Waals surface area contributed by atoms with Gasteiger partial charge in [0.15, 0.2) is 11.6 Å². The van der Waals surface area contributed by atoms with Gasteiger partial charge in [0, 0.05) is 12.0 Å². The average molecular weight is 237 g/mol. The van der Waals surface area contributed by atoms with Crippen molar-refractivity contribution in [1.82, 2.24) is 0 Å². The van der Waals surface area contributed by atoms with Crippen molar-refractivity contribution >= 4 is 17.6 Å². The van der Waals surface area contributed by atoms with Crippen LogP contribution in [0.5, 0.6) is 5.75 Å². The minimum atomic E-state index is -1.27. The molecule has 0 aliphatic rings. The SMILES string of the molecule is O=C(O)CCc1c(O)c(Cl)cc(F)c1F. The maximum absolute atomic E-state index is 13.1. The number of aliphatic carboxylic acids is 1. The predicted octanol–water partition coefficient (Wildman–Crippen LogP) is 2.34. The largest absolute Gasteiger partial charge is 0.506 e. The van der Waals surface area contributed by atoms with E-state index in [1.807, 2.05) is 0 Å². The van der Waals surface area contributed by atoms with Gasteiger partial charge in [0.2, 0.25) is 0 Å². The van der Waals surface area contributed by atoms with Gasteiger partial charge in [0.05, 0.1) is 5.02 Å². The number of hydrogen-bond acceptors (Lipinski definition) is 2. The molecule has 15 heavy (non-hydrogen) atoms. The van der Waals surface area contributed by atoms with Gasteiger partial charge in [0.1, 0.15) is 5.75 Å². The Morgan fingerprint density at radius 2 is 2.07 bits per heavy atom. The van der Waals surface area contributed by atoms with Gasteiger partial charge in [-0.2, -0.15) is 0 Å². The van der Waals surface area contributed by atoms with Gasteiger partial charge in [-0.05, 0) is 12.5 Å². The molecule has 0 amide bonds. The number of rotatable bonds is 3. The molecule has 0 radical (unpaired) electrons. The lowest BCUT2D eigenvalue weighted by atomic mass is 10.1. The number of carboxylic acid groups (broad SMARTS) is 1. The molecule has 0 saturated heterocycles. The molecule has 82 valence electrons. The van der Waals surface area contributed by atoms with Crippen LogP contribution in [0.25, 0.3) is 0 Å². The van der Waals surface area contributed by atoms with E-state index in [9.17, 15) is 18.7 Å². The fourth-order valence-corrected chi connectivity index (χ4v) is 1.31. The van der Waals surface area contributed by atoms with E-state index in [2.05, 4.69) is 0 Å². The topological polar surface area (TPSA) is 57.5 Å². The average Bonchev–Trinajstić information content (AvgIpc) is 2.14. The van der Waals surface area contributed by atoms with E-state index in [4.69, 9.17) is 16.7 Å². The minimum Gasteiger partial charge on any atom is -0.506 e. The summed E-state index contributed by atoms with van der Waals surface area (Å²) in [6.07, 6.45) is -0.727. The molecular formula is C9H7ClF2O3. The van der Waals surface area contributed by atoms with Crippen molar-refractivity contribution in [1.29, 1.82) is 0 Å². The van der Waals surface area contributed by atoms with Crippen LogP contribution in [0.4, 0.5) is 8.78 Å². The van der Waals surface area contributed by atoms with Crippen LogP contribution in [0, 0.1) is 11.6 Å². The summed E-state index contributed by atoms with van der Waals surface area (Å²) in [6.45, 7) is 0. The zero-order valence-electron chi connectivity index (χ0n) is 7.43. The fraction of sp³-hybridized carbons (Fsp3) is 0.222. The van der Waals surface area contributed by atoms with Crippen molar-refractivity contribution in [2.75, 3.05) is 0 Å². The van der Waals surface area contributed by atoms with Gasteiger partial charge in [0.25, 0.3) is 0 Å². The summed E-state index contributed by atoms with van der Waals surface area (Å²) < 4.78 is 25.9. The summed E-state index contributed by atoms with van der Waals surface area (Å²) in [5.41, 5.74) is -0.414. The number of carboxylic acids is 1. The minimum absolute atomic E-state index is 0.315. The van der Waals surface area contributed by atoms with Crippen LogP contribution in [0.3, 0.4) is 0 Å². The summed E-state index contributed by atoms with van der Waals surface area (Å²) in [5, 5.41) is 17.3. The van der Waals surface area contributed by atoms with Gasteiger partial charge >= 0.3 is 5.97 Å². The van der Waals surface area contributed by atoms with Crippen LogP contribution in [0.1, 0.15) is 12.0 Å². The third-order valence-electron chi connectivity index (χ3n) is 1.83. The highest BCUT2D eigenvalue weighted by atomic mass is 35.5. The maximum Gasteiger partial charge on any atom is 0.303 e. The molecule has 0 atom stereocenters. The zero-order valence-corrected chi connectivity index (χ0v) is 8.18. The van der Waals surface area contributed by atoms with Crippen LogP contribution < -0.4 is 0 Å². The molecule has 0 heterocycles. The van der Waals surface area contributed by atoms with E-state index in [-0.39, 0.29) is 11.4 Å². The van der Waals surface area contributed by atoms with Gasteiger partial charge in [-0.1, -0.05) is 11.6 Å². The van der Waals surface area contributed by atoms with Crippen molar-refractivity contribution in [2.24, 2.45) is 0 Å². The molecule has 1 aromatic rings. The molecule has 0 unspecified atom stereocenters. The highest BCUT2D eigenvalue weighted by Gasteiger charge is 2.17. The number of carbonyl (C=O) groups is 1. The van der Waals surface area contributed by atoms with Crippen LogP contribution >= 0.6 is 11.6 Å². The molecule has 0 saturated carbocycles. The monoisotopic (exact) mass is 236 g/mol. The quantitative estimate of drug-likeness (QED) is 0.792. The van der Waals surface area contributed by atoms with E-state index < -0.39 is 35.3 Å². The third kappa shape index (κ3) is 2.56. The van der Waals surface area contributed by atoms with Gasteiger partial charge in [-0.3, -0.25) is 4.79 Å². The highest BCUT2D eigenvalue weighted by Crippen LogP contribution is 2.32. The molecule has 0 aliphatic carbocycles. The third-order valence-corrected chi connectivity index (χ3v) is 2.12. The summed E-state index contributed by atoms with van der Waals surface area (Å²) in [6, 6.07) is 0.635. The first-order valence-corrected chi connectivity index (χ1v) is 4.38. The van der Waals surface area contributed by atoms with E-state index in [1.165, 1.54) is 0 Å². The van der Waals surface area contributed by atoms with Crippen molar-refractivity contribution < 1.29 is 23.8 Å². The normalized spacial score (nSPS) is 10.3. The molecular weight excluding hydrogens is 230 g/mol. The Bertz CT molecular complexity index is 381. The molecule has 0 fully saturated rings. The Morgan fingerprint density at radius 3 is 2.60 bits per heavy atom. The van der Waals surface area contributed by atoms with E-state index >= 15 is 0 Å². The number of phenols is 1. The van der Waals surface area contributed by atoms with Gasteiger partial charge in [-0.25, -0.2) is 8.78 Å². The van der Waals surface area contributed by atoms with Crippen molar-refractivity contribution in [3.05, 3.63) is 28.3 Å². The number of hydrogen-bond donors (Lipinski definition) is 2. The number of benzene rings is 1. The second kappa shape index (κ2) is 4.44. The molecule has 1 aromatic carbocycles. The summed E-state index contributed by atoms with van der Waals surface area (Å²) >= 11 is 5.40. The molecule has 0 aliphatic heterocycles. The van der Waals surface area contributed by atoms with Gasteiger partial charge in [-0.15, -0.1) is 0 Å². The Labute approximate surface area is 88.9 Å². The summed E-state index contributed by atoms with van der Waals surface area (Å²) in [7, 11) is 0. The Kier molecular flexibility index (Phi) is 3.47. The number of halogens is 3. The molecule has 2 N–H and O–H groups in total. The molecule has 0 spiro atoms. The maximum atomic E-state index is 13.1. The lowest BCUT2D eigenvalue weighted by molar-refractivity contribution is -0.136. The van der Waals surface area contributed by atoms with Gasteiger partial charge < -0.3 is 10.2 Å². The second-order valence-corrected chi connectivity index (χ2v) is 3.28. The zero-order chi connectivity index (χ0) is 11.6. The molecule has 0 aromatic heterocycles. The lowest BCUT2D eigenvalue weighted by Crippen LogP contribution is -2.01. The fourth-order valence-electron chi connectivity index (χ4n) is 1.10. The highest BCUT2D eigenvalue weighted by molar-refractivity contribution is 6.32. The van der Waals surface area contributed by atoms with E-state index in [0.29, 0.717) is 6.07 Å². The van der Waals surface area contributed by atoms with E-state index in [0.717, 1.165) is 0 Å². The Balaban J connectivity index is 3.09. The van der Waals surface area contributed by atoms with Crippen LogP contribution in [-0.2, 0) is 11.2 Å².